The molecule has 0 saturated heterocycles. The highest BCUT2D eigenvalue weighted by molar-refractivity contribution is 5.36. The third-order valence-electron chi connectivity index (χ3n) is 2.39. The molecule has 1 heterocycles. The van der Waals surface area contributed by atoms with Crippen LogP contribution in [0, 0.1) is 6.92 Å². The van der Waals surface area contributed by atoms with E-state index in [1.54, 1.807) is 12.3 Å². The molecule has 18 heavy (non-hydrogen) atoms. The van der Waals surface area contributed by atoms with Crippen LogP contribution in [0.2, 0.25) is 0 Å². The molecule has 1 aromatic heterocycles. The average molecular weight is 244 g/mol. The second-order valence-electron chi connectivity index (χ2n) is 4.44. The van der Waals surface area contributed by atoms with Gasteiger partial charge in [-0.25, -0.2) is 0 Å². The summed E-state index contributed by atoms with van der Waals surface area (Å²) in [7, 11) is 0. The van der Waals surface area contributed by atoms with Gasteiger partial charge in [0.1, 0.15) is 5.75 Å². The van der Waals surface area contributed by atoms with Gasteiger partial charge in [0.05, 0.1) is 18.0 Å². The molecule has 4 heteroatoms. The van der Waals surface area contributed by atoms with Crippen molar-refractivity contribution in [2.45, 2.75) is 26.9 Å². The van der Waals surface area contributed by atoms with Crippen molar-refractivity contribution in [3.05, 3.63) is 52.4 Å². The maximum absolute atomic E-state index is 11.8. The van der Waals surface area contributed by atoms with E-state index in [0.717, 1.165) is 17.0 Å². The molecule has 4 nitrogen and oxygen atoms in total. The first kappa shape index (κ1) is 12.4. The normalized spacial score (nSPS) is 10.7. The Balaban J connectivity index is 2.31. The van der Waals surface area contributed by atoms with Gasteiger partial charge in [0.2, 0.25) is 0 Å². The first-order valence-electron chi connectivity index (χ1n) is 5.89. The van der Waals surface area contributed by atoms with E-state index in [1.807, 2.05) is 45.0 Å². The Morgan fingerprint density at radius 3 is 2.44 bits per heavy atom. The van der Waals surface area contributed by atoms with E-state index in [0.29, 0.717) is 0 Å². The van der Waals surface area contributed by atoms with Crippen LogP contribution in [0.3, 0.4) is 0 Å². The maximum Gasteiger partial charge on any atom is 0.271 e. The Morgan fingerprint density at radius 2 is 1.89 bits per heavy atom. The molecule has 0 aliphatic carbocycles. The van der Waals surface area contributed by atoms with E-state index < -0.39 is 0 Å². The predicted octanol–water partition coefficient (Wildman–Crippen LogP) is 2.33. The van der Waals surface area contributed by atoms with Gasteiger partial charge in [-0.2, -0.15) is 9.78 Å². The van der Waals surface area contributed by atoms with Crippen molar-refractivity contribution in [2.75, 3.05) is 0 Å². The number of hydrogen-bond donors (Lipinski definition) is 0. The van der Waals surface area contributed by atoms with Gasteiger partial charge in [0.25, 0.3) is 5.56 Å². The molecule has 0 radical (unpaired) electrons. The number of nitrogens with zero attached hydrogens (tertiary/aromatic N) is 2. The second kappa shape index (κ2) is 5.04. The summed E-state index contributed by atoms with van der Waals surface area (Å²) >= 11 is 0. The summed E-state index contributed by atoms with van der Waals surface area (Å²) < 4.78 is 6.91. The summed E-state index contributed by atoms with van der Waals surface area (Å²) in [6.45, 7) is 5.79. The Kier molecular flexibility index (Phi) is 3.46. The lowest BCUT2D eigenvalue weighted by Crippen LogP contribution is -2.20. The van der Waals surface area contributed by atoms with Crippen molar-refractivity contribution in [3.8, 4) is 11.4 Å². The molecule has 0 spiro atoms. The molecular weight excluding hydrogens is 228 g/mol. The summed E-state index contributed by atoms with van der Waals surface area (Å²) in [5.41, 5.74) is 1.46. The van der Waals surface area contributed by atoms with E-state index in [1.165, 1.54) is 4.68 Å². The summed E-state index contributed by atoms with van der Waals surface area (Å²) in [6, 6.07) is 8.88. The van der Waals surface area contributed by atoms with Gasteiger partial charge in [-0.3, -0.25) is 4.79 Å². The molecule has 0 N–H and O–H groups in total. The van der Waals surface area contributed by atoms with Gasteiger partial charge in [-0.05, 0) is 50.6 Å². The molecule has 2 aromatic rings. The van der Waals surface area contributed by atoms with Crippen molar-refractivity contribution in [2.24, 2.45) is 0 Å². The molecule has 0 bridgehead atoms. The van der Waals surface area contributed by atoms with Crippen molar-refractivity contribution in [3.63, 3.8) is 0 Å². The van der Waals surface area contributed by atoms with Gasteiger partial charge < -0.3 is 4.74 Å². The molecule has 0 fully saturated rings. The number of aromatic nitrogens is 2. The van der Waals surface area contributed by atoms with Crippen LogP contribution < -0.4 is 10.3 Å². The fraction of sp³-hybridized carbons (Fsp3) is 0.286. The monoisotopic (exact) mass is 244 g/mol. The average Bonchev–Trinajstić information content (AvgIpc) is 2.30. The highest BCUT2D eigenvalue weighted by Crippen LogP contribution is 2.15. The first-order valence-corrected chi connectivity index (χ1v) is 5.89. The number of rotatable bonds is 3. The van der Waals surface area contributed by atoms with Crippen molar-refractivity contribution in [1.29, 1.82) is 0 Å². The number of hydrogen-bond acceptors (Lipinski definition) is 3. The smallest absolute Gasteiger partial charge is 0.271 e. The van der Waals surface area contributed by atoms with E-state index in [2.05, 4.69) is 5.10 Å². The Bertz CT molecular complexity index is 585. The van der Waals surface area contributed by atoms with Gasteiger partial charge >= 0.3 is 0 Å². The van der Waals surface area contributed by atoms with E-state index >= 15 is 0 Å². The SMILES string of the molecule is Cc1cnn(-c2ccc(OC(C)C)cc2)c(=O)c1. The van der Waals surface area contributed by atoms with Crippen LogP contribution in [0.25, 0.3) is 5.69 Å². The largest absolute Gasteiger partial charge is 0.491 e. The van der Waals surface area contributed by atoms with Gasteiger partial charge in [-0.1, -0.05) is 0 Å². The highest BCUT2D eigenvalue weighted by atomic mass is 16.5. The van der Waals surface area contributed by atoms with E-state index in [-0.39, 0.29) is 11.7 Å². The van der Waals surface area contributed by atoms with Crippen molar-refractivity contribution in [1.82, 2.24) is 9.78 Å². The maximum atomic E-state index is 11.8. The Morgan fingerprint density at radius 1 is 1.22 bits per heavy atom. The molecule has 2 rings (SSSR count). The number of benzene rings is 1. The van der Waals surface area contributed by atoms with Crippen LogP contribution in [0.5, 0.6) is 5.75 Å². The molecule has 0 aliphatic heterocycles. The van der Waals surface area contributed by atoms with Gasteiger partial charge in [0.15, 0.2) is 0 Å². The second-order valence-corrected chi connectivity index (χ2v) is 4.44. The molecule has 94 valence electrons. The quantitative estimate of drug-likeness (QED) is 0.832. The minimum absolute atomic E-state index is 0.132. The molecule has 0 amide bonds. The fourth-order valence-electron chi connectivity index (χ4n) is 1.63. The lowest BCUT2D eigenvalue weighted by atomic mass is 10.3. The van der Waals surface area contributed by atoms with Crippen LogP contribution in [-0.4, -0.2) is 15.9 Å². The van der Waals surface area contributed by atoms with Crippen molar-refractivity contribution < 1.29 is 4.74 Å². The zero-order valence-electron chi connectivity index (χ0n) is 10.8. The molecule has 0 saturated carbocycles. The Hall–Kier alpha value is -2.10. The minimum atomic E-state index is -0.132. The molecule has 0 aliphatic rings. The standard InChI is InChI=1S/C14H16N2O2/c1-10(2)18-13-6-4-12(5-7-13)16-14(17)8-11(3)9-15-16/h4-10H,1-3H3. The number of aryl methyl sites for hydroxylation is 1. The van der Waals surface area contributed by atoms with Crippen molar-refractivity contribution >= 4 is 0 Å². The minimum Gasteiger partial charge on any atom is -0.491 e. The zero-order valence-corrected chi connectivity index (χ0v) is 10.8. The van der Waals surface area contributed by atoms with Crippen LogP contribution in [-0.2, 0) is 0 Å². The highest BCUT2D eigenvalue weighted by Gasteiger charge is 2.02. The van der Waals surface area contributed by atoms with Crippen LogP contribution in [0.1, 0.15) is 19.4 Å². The van der Waals surface area contributed by atoms with Gasteiger partial charge in [-0.15, -0.1) is 0 Å². The molecule has 0 unspecified atom stereocenters. The van der Waals surface area contributed by atoms with Crippen LogP contribution >= 0.6 is 0 Å². The summed E-state index contributed by atoms with van der Waals surface area (Å²) in [5.74, 6) is 0.786. The summed E-state index contributed by atoms with van der Waals surface area (Å²) in [6.07, 6.45) is 1.80. The number of ether oxygens (including phenoxy) is 1. The molecule has 1 aromatic carbocycles. The van der Waals surface area contributed by atoms with Crippen LogP contribution in [0.4, 0.5) is 0 Å². The lowest BCUT2D eigenvalue weighted by molar-refractivity contribution is 0.242. The van der Waals surface area contributed by atoms with E-state index in [4.69, 9.17) is 4.74 Å². The molecule has 0 atom stereocenters. The van der Waals surface area contributed by atoms with E-state index in [9.17, 15) is 4.79 Å². The summed E-state index contributed by atoms with van der Waals surface area (Å²) in [4.78, 5) is 11.8. The van der Waals surface area contributed by atoms with Crippen LogP contribution in [0.15, 0.2) is 41.3 Å². The fourth-order valence-corrected chi connectivity index (χ4v) is 1.63. The Labute approximate surface area is 106 Å². The zero-order chi connectivity index (χ0) is 13.1. The predicted molar refractivity (Wildman–Crippen MR) is 70.3 cm³/mol. The van der Waals surface area contributed by atoms with Gasteiger partial charge in [0, 0.05) is 6.07 Å². The lowest BCUT2D eigenvalue weighted by Gasteiger charge is -2.10. The molecular formula is C14H16N2O2. The third kappa shape index (κ3) is 2.77. The first-order chi connectivity index (χ1) is 8.56. The topological polar surface area (TPSA) is 44.1 Å². The summed E-state index contributed by atoms with van der Waals surface area (Å²) in [5, 5.41) is 4.10. The third-order valence-corrected chi connectivity index (χ3v) is 2.39.